The molecule has 0 saturated heterocycles. The zero-order chi connectivity index (χ0) is 23.2. The molecule has 7 rings (SSSR count). The van der Waals surface area contributed by atoms with Crippen molar-refractivity contribution in [2.24, 2.45) is 0 Å². The Morgan fingerprint density at radius 3 is 1.86 bits per heavy atom. The van der Waals surface area contributed by atoms with Gasteiger partial charge in [0.25, 0.3) is 0 Å². The van der Waals surface area contributed by atoms with Crippen LogP contribution in [0, 0.1) is 0 Å². The summed E-state index contributed by atoms with van der Waals surface area (Å²) in [5.74, 6) is 0. The average molecular weight is 447 g/mol. The molecular formula is C33H22N2. The van der Waals surface area contributed by atoms with Gasteiger partial charge in [0, 0.05) is 10.9 Å². The van der Waals surface area contributed by atoms with Crippen molar-refractivity contribution in [1.82, 2.24) is 9.38 Å². The Balaban J connectivity index is 1.40. The first-order valence-electron chi connectivity index (χ1n) is 11.9. The van der Waals surface area contributed by atoms with Crippen LogP contribution in [-0.2, 0) is 0 Å². The Hall–Kier alpha value is -4.69. The predicted octanol–water partition coefficient (Wildman–Crippen LogP) is 8.64. The number of benzene rings is 5. The molecule has 0 aliphatic heterocycles. The van der Waals surface area contributed by atoms with Crippen LogP contribution in [0.5, 0.6) is 0 Å². The summed E-state index contributed by atoms with van der Waals surface area (Å²) in [7, 11) is 0. The number of fused-ring (bicyclic) bond motifs is 5. The van der Waals surface area contributed by atoms with Crippen LogP contribution in [0.25, 0.3) is 60.8 Å². The van der Waals surface area contributed by atoms with Crippen LogP contribution in [0.1, 0.15) is 0 Å². The van der Waals surface area contributed by atoms with Gasteiger partial charge in [0.15, 0.2) is 0 Å². The Labute approximate surface area is 203 Å². The van der Waals surface area contributed by atoms with Crippen molar-refractivity contribution in [2.45, 2.75) is 0 Å². The third-order valence-corrected chi connectivity index (χ3v) is 6.84. The Morgan fingerprint density at radius 1 is 0.429 bits per heavy atom. The molecule has 0 unspecified atom stereocenters. The molecule has 0 fully saturated rings. The highest BCUT2D eigenvalue weighted by Crippen LogP contribution is 2.38. The van der Waals surface area contributed by atoms with E-state index in [1.54, 1.807) is 0 Å². The molecule has 2 heteroatoms. The zero-order valence-corrected chi connectivity index (χ0v) is 19.1. The lowest BCUT2D eigenvalue weighted by atomic mass is 9.96. The molecule has 0 atom stereocenters. The third-order valence-electron chi connectivity index (χ3n) is 6.84. The van der Waals surface area contributed by atoms with Gasteiger partial charge >= 0.3 is 0 Å². The van der Waals surface area contributed by atoms with Crippen molar-refractivity contribution < 1.29 is 0 Å². The maximum absolute atomic E-state index is 4.79. The second-order valence-electron chi connectivity index (χ2n) is 8.88. The summed E-state index contributed by atoms with van der Waals surface area (Å²) in [6.45, 7) is 0. The third kappa shape index (κ3) is 3.23. The second-order valence-corrected chi connectivity index (χ2v) is 8.88. The molecule has 0 aliphatic carbocycles. The van der Waals surface area contributed by atoms with Gasteiger partial charge in [-0.05, 0) is 52.1 Å². The molecule has 164 valence electrons. The molecule has 5 aromatic carbocycles. The van der Waals surface area contributed by atoms with Crippen LogP contribution >= 0.6 is 0 Å². The fourth-order valence-corrected chi connectivity index (χ4v) is 5.18. The molecule has 7 aromatic rings. The van der Waals surface area contributed by atoms with E-state index in [0.717, 1.165) is 16.6 Å². The molecule has 2 heterocycles. The monoisotopic (exact) mass is 446 g/mol. The van der Waals surface area contributed by atoms with Gasteiger partial charge < -0.3 is 4.40 Å². The van der Waals surface area contributed by atoms with Crippen molar-refractivity contribution in [3.05, 3.63) is 134 Å². The minimum absolute atomic E-state index is 1.000. The lowest BCUT2D eigenvalue weighted by Gasteiger charge is -2.08. The molecule has 35 heavy (non-hydrogen) atoms. The maximum atomic E-state index is 4.79. The molecule has 2 aromatic heterocycles. The van der Waals surface area contributed by atoms with Crippen LogP contribution in [0.15, 0.2) is 134 Å². The highest BCUT2D eigenvalue weighted by molar-refractivity contribution is 6.08. The van der Waals surface area contributed by atoms with Gasteiger partial charge in [-0.1, -0.05) is 103 Å². The summed E-state index contributed by atoms with van der Waals surface area (Å²) in [5, 5.41) is 1.24. The van der Waals surface area contributed by atoms with Crippen LogP contribution < -0.4 is 0 Å². The van der Waals surface area contributed by atoms with Crippen LogP contribution in [-0.4, -0.2) is 9.38 Å². The van der Waals surface area contributed by atoms with Crippen molar-refractivity contribution in [3.63, 3.8) is 0 Å². The highest BCUT2D eigenvalue weighted by atomic mass is 14.9. The van der Waals surface area contributed by atoms with Gasteiger partial charge in [-0.2, -0.15) is 0 Å². The minimum atomic E-state index is 1.000. The Bertz CT molecular complexity index is 1830. The molecule has 2 nitrogen and oxygen atoms in total. The van der Waals surface area contributed by atoms with E-state index in [4.69, 9.17) is 4.98 Å². The number of rotatable bonds is 3. The summed E-state index contributed by atoms with van der Waals surface area (Å²) in [6.07, 6.45) is 2.01. The standard InChI is InChI=1S/C33H22N2/c1-2-9-23(10-3-1)24-17-19-25(20-18-24)26-11-8-12-27(21-26)33-28-13-4-6-15-30(28)35-31-16-7-5-14-29(31)34-22-32(33)35/h1-22H. The smallest absolute Gasteiger partial charge is 0.0871 e. The maximum Gasteiger partial charge on any atom is 0.0871 e. The van der Waals surface area contributed by atoms with E-state index in [-0.39, 0.29) is 0 Å². The lowest BCUT2D eigenvalue weighted by molar-refractivity contribution is 1.27. The quantitative estimate of drug-likeness (QED) is 0.265. The number of hydrogen-bond donors (Lipinski definition) is 0. The largest absolute Gasteiger partial charge is 0.306 e. The summed E-state index contributed by atoms with van der Waals surface area (Å²) in [5.41, 5.74) is 11.8. The Kier molecular flexibility index (Phi) is 4.49. The molecule has 0 spiro atoms. The Morgan fingerprint density at radius 2 is 1.03 bits per heavy atom. The van der Waals surface area contributed by atoms with Gasteiger partial charge in [-0.3, -0.25) is 4.98 Å². The number of nitrogens with zero attached hydrogens (tertiary/aromatic N) is 2. The average Bonchev–Trinajstić information content (AvgIpc) is 3.29. The summed E-state index contributed by atoms with van der Waals surface area (Å²) < 4.78 is 2.34. The highest BCUT2D eigenvalue weighted by Gasteiger charge is 2.16. The van der Waals surface area contributed by atoms with Gasteiger partial charge in [0.2, 0.25) is 0 Å². The van der Waals surface area contributed by atoms with E-state index < -0.39 is 0 Å². The van der Waals surface area contributed by atoms with E-state index in [1.165, 1.54) is 44.3 Å². The van der Waals surface area contributed by atoms with Crippen molar-refractivity contribution in [3.8, 4) is 33.4 Å². The fraction of sp³-hybridized carbons (Fsp3) is 0. The molecule has 0 amide bonds. The fourth-order valence-electron chi connectivity index (χ4n) is 5.18. The summed E-state index contributed by atoms with van der Waals surface area (Å²) in [6, 6.07) is 45.2. The molecule has 0 aliphatic rings. The number of para-hydroxylation sites is 3. The topological polar surface area (TPSA) is 17.3 Å². The van der Waals surface area contributed by atoms with Crippen molar-refractivity contribution in [1.29, 1.82) is 0 Å². The molecular weight excluding hydrogens is 424 g/mol. The van der Waals surface area contributed by atoms with Crippen LogP contribution in [0.3, 0.4) is 0 Å². The SMILES string of the molecule is c1ccc(-c2ccc(-c3cccc(-c4c5ccccc5n5c4cnc4ccccc45)c3)cc2)cc1. The van der Waals surface area contributed by atoms with Crippen LogP contribution in [0.4, 0.5) is 0 Å². The van der Waals surface area contributed by atoms with E-state index in [1.807, 2.05) is 12.3 Å². The second kappa shape index (κ2) is 7.96. The first-order chi connectivity index (χ1) is 17.4. The van der Waals surface area contributed by atoms with Crippen molar-refractivity contribution in [2.75, 3.05) is 0 Å². The summed E-state index contributed by atoms with van der Waals surface area (Å²) in [4.78, 5) is 4.79. The summed E-state index contributed by atoms with van der Waals surface area (Å²) >= 11 is 0. The minimum Gasteiger partial charge on any atom is -0.306 e. The van der Waals surface area contributed by atoms with Gasteiger partial charge in [0.1, 0.15) is 0 Å². The van der Waals surface area contributed by atoms with Crippen molar-refractivity contribution >= 4 is 27.5 Å². The van der Waals surface area contributed by atoms with E-state index >= 15 is 0 Å². The zero-order valence-electron chi connectivity index (χ0n) is 19.1. The van der Waals surface area contributed by atoms with E-state index in [0.29, 0.717) is 0 Å². The molecule has 0 bridgehead atoms. The number of aromatic nitrogens is 2. The lowest BCUT2D eigenvalue weighted by Crippen LogP contribution is -1.90. The van der Waals surface area contributed by atoms with E-state index in [2.05, 4.69) is 126 Å². The van der Waals surface area contributed by atoms with Gasteiger partial charge in [-0.15, -0.1) is 0 Å². The first kappa shape index (κ1) is 19.7. The van der Waals surface area contributed by atoms with Gasteiger partial charge in [0.05, 0.1) is 28.3 Å². The predicted molar refractivity (Wildman–Crippen MR) is 147 cm³/mol. The number of hydrogen-bond acceptors (Lipinski definition) is 1. The first-order valence-corrected chi connectivity index (χ1v) is 11.9. The molecule has 0 saturated carbocycles. The van der Waals surface area contributed by atoms with Crippen LogP contribution in [0.2, 0.25) is 0 Å². The normalized spacial score (nSPS) is 11.4. The van der Waals surface area contributed by atoms with Gasteiger partial charge in [-0.25, -0.2) is 0 Å². The molecule has 0 N–H and O–H groups in total. The molecule has 0 radical (unpaired) electrons. The van der Waals surface area contributed by atoms with E-state index in [9.17, 15) is 0 Å².